The summed E-state index contributed by atoms with van der Waals surface area (Å²) in [5, 5.41) is 0. The number of halogens is 1. The fraction of sp³-hybridized carbons (Fsp3) is 0.438. The summed E-state index contributed by atoms with van der Waals surface area (Å²) in [5.74, 6) is -0.0916. The van der Waals surface area contributed by atoms with Gasteiger partial charge in [0, 0.05) is 22.8 Å². The van der Waals surface area contributed by atoms with Crippen molar-refractivity contribution in [2.24, 2.45) is 0 Å². The Balaban J connectivity index is 1.97. The van der Waals surface area contributed by atoms with Gasteiger partial charge in [0.2, 0.25) is 5.91 Å². The summed E-state index contributed by atoms with van der Waals surface area (Å²) in [4.78, 5) is 14.6. The van der Waals surface area contributed by atoms with Gasteiger partial charge in [-0.15, -0.1) is 11.8 Å². The van der Waals surface area contributed by atoms with Crippen molar-refractivity contribution in [1.82, 2.24) is 4.90 Å². The fourth-order valence-corrected chi connectivity index (χ4v) is 3.25. The number of carbonyl (C=O) groups excluding carboxylic acids is 1. The molecule has 0 saturated heterocycles. The third-order valence-electron chi connectivity index (χ3n) is 3.54. The van der Waals surface area contributed by atoms with Crippen LogP contribution in [0.25, 0.3) is 0 Å². The molecule has 0 fully saturated rings. The maximum absolute atomic E-state index is 13.7. The number of hydrogen-bond donors (Lipinski definition) is 1. The van der Waals surface area contributed by atoms with Crippen molar-refractivity contribution in [1.29, 1.82) is 0 Å². The summed E-state index contributed by atoms with van der Waals surface area (Å²) in [6.45, 7) is 2.64. The molecule has 2 N–H and O–H groups in total. The van der Waals surface area contributed by atoms with E-state index in [1.165, 1.54) is 24.2 Å². The Morgan fingerprint density at radius 3 is 2.86 bits per heavy atom. The second-order valence-corrected chi connectivity index (χ2v) is 6.07. The van der Waals surface area contributed by atoms with Crippen LogP contribution in [-0.4, -0.2) is 23.1 Å². The van der Waals surface area contributed by atoms with Crippen LogP contribution in [-0.2, 0) is 4.79 Å². The van der Waals surface area contributed by atoms with E-state index in [0.717, 1.165) is 25.0 Å². The van der Waals surface area contributed by atoms with Crippen molar-refractivity contribution >= 4 is 23.4 Å². The van der Waals surface area contributed by atoms with Crippen molar-refractivity contribution in [2.75, 3.05) is 18.0 Å². The first kappa shape index (κ1) is 15.9. The molecule has 114 valence electrons. The van der Waals surface area contributed by atoms with E-state index in [-0.39, 0.29) is 17.5 Å². The van der Waals surface area contributed by atoms with Gasteiger partial charge in [0.15, 0.2) is 0 Å². The van der Waals surface area contributed by atoms with E-state index < -0.39 is 0 Å². The quantitative estimate of drug-likeness (QED) is 0.664. The molecule has 0 aromatic heterocycles. The molecule has 0 saturated carbocycles. The van der Waals surface area contributed by atoms with Gasteiger partial charge in [-0.05, 0) is 50.8 Å². The van der Waals surface area contributed by atoms with Gasteiger partial charge in [0.05, 0.1) is 5.75 Å². The first-order valence-electron chi connectivity index (χ1n) is 7.29. The van der Waals surface area contributed by atoms with Crippen molar-refractivity contribution < 1.29 is 9.18 Å². The number of benzene rings is 1. The second kappa shape index (κ2) is 7.50. The Morgan fingerprint density at radius 2 is 2.24 bits per heavy atom. The number of nitrogen functional groups attached to an aromatic ring is 1. The third kappa shape index (κ3) is 4.24. The maximum atomic E-state index is 13.7. The van der Waals surface area contributed by atoms with E-state index in [9.17, 15) is 9.18 Å². The number of carbonyl (C=O) groups is 1. The lowest BCUT2D eigenvalue weighted by molar-refractivity contribution is -0.126. The van der Waals surface area contributed by atoms with Gasteiger partial charge in [0.25, 0.3) is 0 Å². The fourth-order valence-electron chi connectivity index (χ4n) is 2.46. The summed E-state index contributed by atoms with van der Waals surface area (Å²) in [5.41, 5.74) is 7.03. The lowest BCUT2D eigenvalue weighted by Crippen LogP contribution is -2.32. The van der Waals surface area contributed by atoms with E-state index in [0.29, 0.717) is 17.1 Å². The Kier molecular flexibility index (Phi) is 5.67. The molecule has 1 aliphatic carbocycles. The zero-order valence-corrected chi connectivity index (χ0v) is 13.1. The largest absolute Gasteiger partial charge is 0.399 e. The Morgan fingerprint density at radius 1 is 1.43 bits per heavy atom. The van der Waals surface area contributed by atoms with E-state index in [1.807, 2.05) is 11.8 Å². The van der Waals surface area contributed by atoms with Crippen molar-refractivity contribution in [2.45, 2.75) is 37.5 Å². The molecule has 2 rings (SSSR count). The van der Waals surface area contributed by atoms with Gasteiger partial charge < -0.3 is 10.6 Å². The zero-order valence-electron chi connectivity index (χ0n) is 12.3. The molecule has 0 heterocycles. The van der Waals surface area contributed by atoms with Crippen LogP contribution in [0.15, 0.2) is 34.9 Å². The summed E-state index contributed by atoms with van der Waals surface area (Å²) < 4.78 is 13.7. The smallest absolute Gasteiger partial charge is 0.237 e. The van der Waals surface area contributed by atoms with Crippen LogP contribution >= 0.6 is 11.8 Å². The molecule has 0 radical (unpaired) electrons. The molecule has 1 aromatic carbocycles. The van der Waals surface area contributed by atoms with Gasteiger partial charge in [-0.3, -0.25) is 4.79 Å². The number of hydrogen-bond acceptors (Lipinski definition) is 3. The second-order valence-electron chi connectivity index (χ2n) is 5.06. The van der Waals surface area contributed by atoms with Crippen LogP contribution in [0.2, 0.25) is 0 Å². The summed E-state index contributed by atoms with van der Waals surface area (Å²) in [6, 6.07) is 4.56. The Bertz CT molecular complexity index is 545. The lowest BCUT2D eigenvalue weighted by Gasteiger charge is -2.26. The number of amides is 1. The Labute approximate surface area is 129 Å². The monoisotopic (exact) mass is 308 g/mol. The van der Waals surface area contributed by atoms with Crippen LogP contribution in [0.5, 0.6) is 0 Å². The summed E-state index contributed by atoms with van der Waals surface area (Å²) in [7, 11) is 0. The first-order chi connectivity index (χ1) is 10.1. The van der Waals surface area contributed by atoms with Crippen LogP contribution in [0.1, 0.15) is 32.6 Å². The average Bonchev–Trinajstić information content (AvgIpc) is 2.48. The molecular formula is C16H21FN2OS. The predicted molar refractivity (Wildman–Crippen MR) is 85.5 cm³/mol. The highest BCUT2D eigenvalue weighted by atomic mass is 32.2. The minimum atomic E-state index is -0.368. The predicted octanol–water partition coefficient (Wildman–Crippen LogP) is 3.81. The molecule has 0 bridgehead atoms. The number of rotatable bonds is 5. The first-order valence-corrected chi connectivity index (χ1v) is 8.27. The van der Waals surface area contributed by atoms with Gasteiger partial charge in [-0.2, -0.15) is 0 Å². The Hall–Kier alpha value is -1.49. The van der Waals surface area contributed by atoms with Gasteiger partial charge >= 0.3 is 0 Å². The normalized spacial score (nSPS) is 14.7. The average molecular weight is 308 g/mol. The molecule has 0 spiro atoms. The minimum absolute atomic E-state index is 0.0341. The summed E-state index contributed by atoms with van der Waals surface area (Å²) in [6.07, 6.45) is 6.48. The van der Waals surface area contributed by atoms with Gasteiger partial charge in [-0.1, -0.05) is 6.08 Å². The standard InChI is InChI=1S/C16H21FN2OS/c1-2-19(13-6-4-3-5-7-13)16(20)11-21-15-9-8-12(18)10-14(15)17/h6,8-10H,2-5,7,11,18H2,1H3. The van der Waals surface area contributed by atoms with Gasteiger partial charge in [0.1, 0.15) is 5.82 Å². The summed E-state index contributed by atoms with van der Waals surface area (Å²) >= 11 is 1.22. The highest BCUT2D eigenvalue weighted by molar-refractivity contribution is 8.00. The van der Waals surface area contributed by atoms with Crippen molar-refractivity contribution in [3.05, 3.63) is 35.8 Å². The van der Waals surface area contributed by atoms with E-state index in [2.05, 4.69) is 6.08 Å². The van der Waals surface area contributed by atoms with E-state index in [4.69, 9.17) is 5.73 Å². The molecule has 0 aliphatic heterocycles. The van der Waals surface area contributed by atoms with Crippen LogP contribution in [0.4, 0.5) is 10.1 Å². The van der Waals surface area contributed by atoms with E-state index in [1.54, 1.807) is 12.1 Å². The van der Waals surface area contributed by atoms with E-state index >= 15 is 0 Å². The topological polar surface area (TPSA) is 46.3 Å². The van der Waals surface area contributed by atoms with Crippen molar-refractivity contribution in [3.63, 3.8) is 0 Å². The molecule has 0 atom stereocenters. The highest BCUT2D eigenvalue weighted by Gasteiger charge is 2.18. The molecule has 3 nitrogen and oxygen atoms in total. The molecule has 1 amide bonds. The number of anilines is 1. The zero-order chi connectivity index (χ0) is 15.2. The number of allylic oxidation sites excluding steroid dienone is 2. The number of nitrogens with two attached hydrogens (primary N) is 1. The van der Waals surface area contributed by atoms with Crippen LogP contribution < -0.4 is 5.73 Å². The van der Waals surface area contributed by atoms with Crippen LogP contribution in [0, 0.1) is 5.82 Å². The molecule has 1 aliphatic rings. The number of nitrogens with zero attached hydrogens (tertiary/aromatic N) is 1. The molecule has 5 heteroatoms. The molecule has 0 unspecified atom stereocenters. The molecule has 21 heavy (non-hydrogen) atoms. The maximum Gasteiger partial charge on any atom is 0.237 e. The minimum Gasteiger partial charge on any atom is -0.399 e. The molecule has 1 aromatic rings. The highest BCUT2D eigenvalue weighted by Crippen LogP contribution is 2.26. The lowest BCUT2D eigenvalue weighted by atomic mass is 10.0. The van der Waals surface area contributed by atoms with Crippen LogP contribution in [0.3, 0.4) is 0 Å². The van der Waals surface area contributed by atoms with Crippen molar-refractivity contribution in [3.8, 4) is 0 Å². The number of thioether (sulfide) groups is 1. The van der Waals surface area contributed by atoms with Gasteiger partial charge in [-0.25, -0.2) is 4.39 Å². The SMILES string of the molecule is CCN(C(=O)CSc1ccc(N)cc1F)C1=CCCCC1. The third-order valence-corrected chi connectivity index (χ3v) is 4.57. The molecular weight excluding hydrogens is 287 g/mol.